The fraction of sp³-hybridized carbons (Fsp3) is 0.500. The number of aromatic nitrogens is 2. The highest BCUT2D eigenvalue weighted by atomic mass is 79.9. The Labute approximate surface area is 116 Å². The smallest absolute Gasteiger partial charge is 0.245 e. The van der Waals surface area contributed by atoms with Gasteiger partial charge in [0.2, 0.25) is 5.91 Å². The van der Waals surface area contributed by atoms with E-state index in [1.807, 2.05) is 6.92 Å². The summed E-state index contributed by atoms with van der Waals surface area (Å²) in [5.41, 5.74) is -0.506. The van der Waals surface area contributed by atoms with E-state index in [4.69, 9.17) is 0 Å². The molecule has 1 atom stereocenters. The average Bonchev–Trinajstić information content (AvgIpc) is 2.71. The molecule has 2 heterocycles. The molecule has 1 amide bonds. The van der Waals surface area contributed by atoms with Crippen LogP contribution in [0, 0.1) is 0 Å². The van der Waals surface area contributed by atoms with Crippen molar-refractivity contribution in [3.05, 3.63) is 15.4 Å². The topological polar surface area (TPSA) is 66.9 Å². The van der Waals surface area contributed by atoms with Crippen LogP contribution in [0.3, 0.4) is 0 Å². The Hall–Kier alpha value is -0.530. The Morgan fingerprint density at radius 1 is 1.59 bits per heavy atom. The molecule has 0 bridgehead atoms. The van der Waals surface area contributed by atoms with E-state index in [9.17, 15) is 4.79 Å². The summed E-state index contributed by atoms with van der Waals surface area (Å²) >= 11 is 6.47. The van der Waals surface area contributed by atoms with Crippen LogP contribution in [0.4, 0.5) is 5.82 Å². The lowest BCUT2D eigenvalue weighted by Crippen LogP contribution is -2.48. The molecule has 0 saturated carbocycles. The maximum Gasteiger partial charge on any atom is 0.245 e. The minimum atomic E-state index is -0.506. The first-order chi connectivity index (χ1) is 8.01. The van der Waals surface area contributed by atoms with Gasteiger partial charge in [-0.3, -0.25) is 4.79 Å². The van der Waals surface area contributed by atoms with Gasteiger partial charge in [-0.1, -0.05) is 0 Å². The van der Waals surface area contributed by atoms with Crippen LogP contribution in [0.2, 0.25) is 0 Å². The molecular formula is C10H12Br2N4O. The molecule has 2 N–H and O–H groups in total. The molecule has 1 aromatic rings. The molecule has 1 fully saturated rings. The van der Waals surface area contributed by atoms with Crippen LogP contribution in [0.1, 0.15) is 19.8 Å². The second-order valence-electron chi connectivity index (χ2n) is 4.15. The molecule has 0 radical (unpaired) electrons. The lowest BCUT2D eigenvalue weighted by molar-refractivity contribution is -0.121. The van der Waals surface area contributed by atoms with Crippen LogP contribution in [0.15, 0.2) is 15.4 Å². The minimum Gasteiger partial charge on any atom is -0.307 e. The van der Waals surface area contributed by atoms with Crippen molar-refractivity contribution in [1.82, 2.24) is 15.3 Å². The number of nitrogens with one attached hydrogen (secondary N) is 2. The first kappa shape index (κ1) is 12.9. The van der Waals surface area contributed by atoms with Crippen molar-refractivity contribution in [1.29, 1.82) is 0 Å². The van der Waals surface area contributed by atoms with Gasteiger partial charge in [0.1, 0.15) is 9.21 Å². The van der Waals surface area contributed by atoms with Gasteiger partial charge in [-0.25, -0.2) is 9.97 Å². The molecule has 2 rings (SSSR count). The summed E-state index contributed by atoms with van der Waals surface area (Å²) in [6.07, 6.45) is 3.39. The van der Waals surface area contributed by atoms with Crippen molar-refractivity contribution in [3.8, 4) is 0 Å². The Bertz CT molecular complexity index is 446. The lowest BCUT2D eigenvalue weighted by atomic mass is 9.99. The number of anilines is 1. The predicted octanol–water partition coefficient (Wildman–Crippen LogP) is 2.08. The number of carbonyl (C=O) groups excluding carboxylic acids is 1. The van der Waals surface area contributed by atoms with Crippen LogP contribution in [-0.2, 0) is 4.79 Å². The van der Waals surface area contributed by atoms with Crippen LogP contribution in [0.5, 0.6) is 0 Å². The highest BCUT2D eigenvalue weighted by Gasteiger charge is 2.36. The van der Waals surface area contributed by atoms with Crippen LogP contribution in [0.25, 0.3) is 0 Å². The Morgan fingerprint density at radius 3 is 2.94 bits per heavy atom. The largest absolute Gasteiger partial charge is 0.307 e. The normalized spacial score (nSPS) is 23.7. The summed E-state index contributed by atoms with van der Waals surface area (Å²) in [6, 6.07) is 0. The average molecular weight is 364 g/mol. The number of halogens is 2. The monoisotopic (exact) mass is 362 g/mol. The zero-order chi connectivity index (χ0) is 12.5. The molecule has 7 heteroatoms. The van der Waals surface area contributed by atoms with Crippen molar-refractivity contribution in [2.45, 2.75) is 25.3 Å². The molecule has 92 valence electrons. The minimum absolute atomic E-state index is 0.0766. The van der Waals surface area contributed by atoms with E-state index in [1.165, 1.54) is 0 Å². The van der Waals surface area contributed by atoms with Crippen LogP contribution >= 0.6 is 31.9 Å². The zero-order valence-electron chi connectivity index (χ0n) is 9.26. The second-order valence-corrected chi connectivity index (χ2v) is 5.71. The fourth-order valence-corrected chi connectivity index (χ4v) is 2.67. The third kappa shape index (κ3) is 2.83. The van der Waals surface area contributed by atoms with Crippen molar-refractivity contribution >= 4 is 43.6 Å². The molecule has 17 heavy (non-hydrogen) atoms. The summed E-state index contributed by atoms with van der Waals surface area (Å²) in [5.74, 6) is 0.362. The van der Waals surface area contributed by atoms with Gasteiger partial charge in [-0.15, -0.1) is 0 Å². The molecule has 0 aromatic carbocycles. The summed E-state index contributed by atoms with van der Waals surface area (Å²) < 4.78 is 1.13. The molecular weight excluding hydrogens is 352 g/mol. The van der Waals surface area contributed by atoms with Gasteiger partial charge in [0.05, 0.1) is 11.7 Å². The van der Waals surface area contributed by atoms with Crippen LogP contribution < -0.4 is 10.6 Å². The Morgan fingerprint density at radius 2 is 2.35 bits per heavy atom. The van der Waals surface area contributed by atoms with Crippen molar-refractivity contribution in [2.75, 3.05) is 11.9 Å². The third-order valence-electron chi connectivity index (χ3n) is 2.80. The summed E-state index contributed by atoms with van der Waals surface area (Å²) in [7, 11) is 0. The van der Waals surface area contributed by atoms with Gasteiger partial charge in [-0.05, 0) is 58.2 Å². The predicted molar refractivity (Wildman–Crippen MR) is 71.7 cm³/mol. The molecule has 1 aliphatic rings. The van der Waals surface area contributed by atoms with Crippen LogP contribution in [-0.4, -0.2) is 28.0 Å². The van der Waals surface area contributed by atoms with Gasteiger partial charge in [0.15, 0.2) is 5.82 Å². The van der Waals surface area contributed by atoms with Gasteiger partial charge in [0.25, 0.3) is 0 Å². The maximum atomic E-state index is 12.1. The van der Waals surface area contributed by atoms with Crippen molar-refractivity contribution in [3.63, 3.8) is 0 Å². The van der Waals surface area contributed by atoms with E-state index in [0.717, 1.165) is 19.4 Å². The number of amides is 1. The number of hydrogen-bond donors (Lipinski definition) is 2. The first-order valence-corrected chi connectivity index (χ1v) is 6.84. The second kappa shape index (κ2) is 4.99. The molecule has 1 saturated heterocycles. The summed E-state index contributed by atoms with van der Waals surface area (Å²) in [4.78, 5) is 20.3. The highest BCUT2D eigenvalue weighted by Crippen LogP contribution is 2.23. The van der Waals surface area contributed by atoms with Crippen molar-refractivity contribution in [2.24, 2.45) is 0 Å². The van der Waals surface area contributed by atoms with Gasteiger partial charge < -0.3 is 10.6 Å². The third-order valence-corrected chi connectivity index (χ3v) is 3.74. The molecule has 1 unspecified atom stereocenters. The number of carbonyl (C=O) groups is 1. The van der Waals surface area contributed by atoms with E-state index in [2.05, 4.69) is 52.5 Å². The lowest BCUT2D eigenvalue weighted by Gasteiger charge is -2.22. The number of nitrogens with zero attached hydrogens (tertiary/aromatic N) is 2. The number of hydrogen-bond acceptors (Lipinski definition) is 4. The van der Waals surface area contributed by atoms with E-state index < -0.39 is 5.54 Å². The van der Waals surface area contributed by atoms with E-state index in [-0.39, 0.29) is 5.91 Å². The molecule has 1 aromatic heterocycles. The van der Waals surface area contributed by atoms with Gasteiger partial charge in [0, 0.05) is 0 Å². The van der Waals surface area contributed by atoms with Gasteiger partial charge >= 0.3 is 0 Å². The zero-order valence-corrected chi connectivity index (χ0v) is 12.4. The molecule has 5 nitrogen and oxygen atoms in total. The van der Waals surface area contributed by atoms with E-state index >= 15 is 0 Å². The molecule has 0 aliphatic carbocycles. The summed E-state index contributed by atoms with van der Waals surface area (Å²) in [5, 5.41) is 5.98. The van der Waals surface area contributed by atoms with E-state index in [0.29, 0.717) is 15.0 Å². The van der Waals surface area contributed by atoms with E-state index in [1.54, 1.807) is 6.20 Å². The number of rotatable bonds is 2. The Kier molecular flexibility index (Phi) is 3.79. The van der Waals surface area contributed by atoms with Crippen molar-refractivity contribution < 1.29 is 4.79 Å². The highest BCUT2D eigenvalue weighted by molar-refractivity contribution is 9.11. The quantitative estimate of drug-likeness (QED) is 0.844. The summed E-state index contributed by atoms with van der Waals surface area (Å²) in [6.45, 7) is 2.77. The van der Waals surface area contributed by atoms with Gasteiger partial charge in [-0.2, -0.15) is 0 Å². The SMILES string of the molecule is CC1(C(=O)Nc2ncc(Br)nc2Br)CCCN1. The molecule has 0 spiro atoms. The Balaban J connectivity index is 2.13. The maximum absolute atomic E-state index is 12.1. The standard InChI is InChI=1S/C10H12Br2N4O/c1-10(3-2-4-14-10)9(17)16-8-7(12)15-6(11)5-13-8/h5,14H,2-4H2,1H3,(H,13,16,17). The molecule has 1 aliphatic heterocycles. The fourth-order valence-electron chi connectivity index (χ4n) is 1.76. The first-order valence-electron chi connectivity index (χ1n) is 5.26.